The summed E-state index contributed by atoms with van der Waals surface area (Å²) < 4.78 is 29.5. The van der Waals surface area contributed by atoms with Gasteiger partial charge in [-0.25, -0.2) is 4.98 Å². The SMILES string of the molecule is CCCCC(C)COc1ccc(C)cc1OS(=O)Nc1cc(-c2nc3cc(C(C)C)[nH]n3n2)ccc1C. The minimum atomic E-state index is -1.83. The number of anilines is 1. The Morgan fingerprint density at radius 2 is 1.89 bits per heavy atom. The Hall–Kier alpha value is -3.33. The smallest absolute Gasteiger partial charge is 0.316 e. The van der Waals surface area contributed by atoms with Gasteiger partial charge in [-0.1, -0.05) is 58.7 Å². The van der Waals surface area contributed by atoms with Crippen LogP contribution >= 0.6 is 0 Å². The van der Waals surface area contributed by atoms with Crippen LogP contribution < -0.4 is 13.6 Å². The van der Waals surface area contributed by atoms with Crippen LogP contribution in [0.15, 0.2) is 42.5 Å². The molecule has 8 nitrogen and oxygen atoms in total. The molecule has 2 heterocycles. The van der Waals surface area contributed by atoms with E-state index in [1.54, 1.807) is 4.63 Å². The van der Waals surface area contributed by atoms with Gasteiger partial charge in [0.25, 0.3) is 0 Å². The third-order valence-electron chi connectivity index (χ3n) is 6.30. The summed E-state index contributed by atoms with van der Waals surface area (Å²) in [4.78, 5) is 4.65. The van der Waals surface area contributed by atoms with E-state index in [2.05, 4.69) is 47.6 Å². The normalized spacial score (nSPS) is 13.2. The molecule has 0 saturated carbocycles. The second kappa shape index (κ2) is 11.8. The highest BCUT2D eigenvalue weighted by Gasteiger charge is 2.15. The Labute approximate surface area is 221 Å². The van der Waals surface area contributed by atoms with Crippen molar-refractivity contribution in [1.82, 2.24) is 19.8 Å². The van der Waals surface area contributed by atoms with Gasteiger partial charge in [0.1, 0.15) is 0 Å². The van der Waals surface area contributed by atoms with Crippen molar-refractivity contribution in [2.24, 2.45) is 5.92 Å². The molecular formula is C28H37N5O3S. The summed E-state index contributed by atoms with van der Waals surface area (Å²) in [6, 6.07) is 13.5. The van der Waals surface area contributed by atoms with E-state index in [0.29, 0.717) is 41.5 Å². The van der Waals surface area contributed by atoms with Crippen LogP contribution in [0.5, 0.6) is 11.5 Å². The average molecular weight is 524 g/mol. The molecule has 4 aromatic rings. The molecule has 2 N–H and O–H groups in total. The minimum absolute atomic E-state index is 0.362. The number of hydrogen-bond donors (Lipinski definition) is 2. The Bertz CT molecular complexity index is 1350. The molecule has 0 aliphatic carbocycles. The maximum absolute atomic E-state index is 13.0. The Morgan fingerprint density at radius 1 is 1.08 bits per heavy atom. The quantitative estimate of drug-likeness (QED) is 0.214. The molecule has 4 rings (SSSR count). The maximum Gasteiger partial charge on any atom is 0.316 e. The molecule has 37 heavy (non-hydrogen) atoms. The number of H-pyrrole nitrogens is 1. The number of aromatic nitrogens is 4. The van der Waals surface area contributed by atoms with Gasteiger partial charge in [0.15, 0.2) is 23.0 Å². The van der Waals surface area contributed by atoms with Crippen LogP contribution in [0.2, 0.25) is 0 Å². The third kappa shape index (κ3) is 6.71. The first-order valence-electron chi connectivity index (χ1n) is 12.9. The maximum atomic E-state index is 13.0. The molecule has 0 amide bonds. The van der Waals surface area contributed by atoms with E-state index in [1.165, 1.54) is 12.8 Å². The van der Waals surface area contributed by atoms with Gasteiger partial charge in [-0.05, 0) is 61.4 Å². The van der Waals surface area contributed by atoms with E-state index < -0.39 is 11.3 Å². The number of benzene rings is 2. The van der Waals surface area contributed by atoms with E-state index >= 15 is 0 Å². The highest BCUT2D eigenvalue weighted by Crippen LogP contribution is 2.31. The molecule has 0 fully saturated rings. The summed E-state index contributed by atoms with van der Waals surface area (Å²) in [5.74, 6) is 2.42. The molecule has 0 aliphatic rings. The van der Waals surface area contributed by atoms with Gasteiger partial charge in [-0.2, -0.15) is 8.84 Å². The van der Waals surface area contributed by atoms with Crippen molar-refractivity contribution in [2.75, 3.05) is 11.3 Å². The number of hydrogen-bond acceptors (Lipinski definition) is 5. The Balaban J connectivity index is 1.47. The molecule has 0 saturated heterocycles. The number of fused-ring (bicyclic) bond motifs is 1. The molecule has 9 heteroatoms. The summed E-state index contributed by atoms with van der Waals surface area (Å²) in [6.07, 6.45) is 3.46. The fraction of sp³-hybridized carbons (Fsp3) is 0.429. The van der Waals surface area contributed by atoms with Crippen LogP contribution in [0.4, 0.5) is 5.69 Å². The monoisotopic (exact) mass is 523 g/mol. The van der Waals surface area contributed by atoms with Crippen molar-refractivity contribution < 1.29 is 13.1 Å². The third-order valence-corrected chi connectivity index (χ3v) is 7.02. The number of unbranched alkanes of at least 4 members (excludes halogenated alkanes) is 1. The van der Waals surface area contributed by atoms with Gasteiger partial charge >= 0.3 is 11.3 Å². The van der Waals surface area contributed by atoms with Crippen molar-refractivity contribution in [3.63, 3.8) is 0 Å². The zero-order chi connectivity index (χ0) is 26.5. The second-order valence-electron chi connectivity index (χ2n) is 10.0. The first kappa shape index (κ1) is 26.7. The van der Waals surface area contributed by atoms with Crippen molar-refractivity contribution in [3.05, 3.63) is 59.3 Å². The molecule has 2 atom stereocenters. The highest BCUT2D eigenvalue weighted by atomic mass is 32.2. The molecule has 0 bridgehead atoms. The lowest BCUT2D eigenvalue weighted by Crippen LogP contribution is -2.14. The van der Waals surface area contributed by atoms with E-state index in [1.807, 2.05) is 56.3 Å². The lowest BCUT2D eigenvalue weighted by Gasteiger charge is -2.16. The lowest BCUT2D eigenvalue weighted by atomic mass is 10.1. The molecule has 2 aromatic carbocycles. The first-order chi connectivity index (χ1) is 17.7. The molecule has 2 unspecified atom stereocenters. The fourth-order valence-corrected chi connectivity index (χ4v) is 4.68. The van der Waals surface area contributed by atoms with Crippen LogP contribution in [0, 0.1) is 19.8 Å². The van der Waals surface area contributed by atoms with Gasteiger partial charge < -0.3 is 8.92 Å². The van der Waals surface area contributed by atoms with E-state index in [9.17, 15) is 4.21 Å². The van der Waals surface area contributed by atoms with Crippen molar-refractivity contribution >= 4 is 22.6 Å². The van der Waals surface area contributed by atoms with Crippen molar-refractivity contribution in [2.45, 2.75) is 66.7 Å². The van der Waals surface area contributed by atoms with Gasteiger partial charge in [0.05, 0.1) is 12.3 Å². The lowest BCUT2D eigenvalue weighted by molar-refractivity contribution is 0.245. The second-order valence-corrected chi connectivity index (χ2v) is 10.9. The van der Waals surface area contributed by atoms with Gasteiger partial charge in [-0.15, -0.1) is 5.10 Å². The van der Waals surface area contributed by atoms with Gasteiger partial charge in [-0.3, -0.25) is 9.82 Å². The molecule has 198 valence electrons. The topological polar surface area (TPSA) is 93.5 Å². The molecule has 2 aromatic heterocycles. The van der Waals surface area contributed by atoms with Gasteiger partial charge in [0.2, 0.25) is 0 Å². The summed E-state index contributed by atoms with van der Waals surface area (Å²) in [5.41, 5.74) is 5.26. The summed E-state index contributed by atoms with van der Waals surface area (Å²) >= 11 is -1.83. The molecule has 0 spiro atoms. The predicted molar refractivity (Wildman–Crippen MR) is 149 cm³/mol. The van der Waals surface area contributed by atoms with E-state index in [-0.39, 0.29) is 0 Å². The van der Waals surface area contributed by atoms with E-state index in [0.717, 1.165) is 34.5 Å². The van der Waals surface area contributed by atoms with Crippen LogP contribution in [-0.4, -0.2) is 30.6 Å². The van der Waals surface area contributed by atoms with E-state index in [4.69, 9.17) is 8.92 Å². The largest absolute Gasteiger partial charge is 0.489 e. The number of aryl methyl sites for hydroxylation is 2. The molecular weight excluding hydrogens is 486 g/mol. The number of aromatic amines is 1. The zero-order valence-electron chi connectivity index (χ0n) is 22.5. The first-order valence-corrected chi connectivity index (χ1v) is 14.0. The molecule has 0 aliphatic heterocycles. The van der Waals surface area contributed by atoms with Crippen LogP contribution in [0.3, 0.4) is 0 Å². The zero-order valence-corrected chi connectivity index (χ0v) is 23.3. The number of nitrogens with one attached hydrogen (secondary N) is 2. The summed E-state index contributed by atoms with van der Waals surface area (Å²) in [5, 5.41) is 7.83. The summed E-state index contributed by atoms with van der Waals surface area (Å²) in [6.45, 7) is 13.1. The van der Waals surface area contributed by atoms with Crippen LogP contribution in [0.1, 0.15) is 69.7 Å². The van der Waals surface area contributed by atoms with Gasteiger partial charge in [0, 0.05) is 17.3 Å². The predicted octanol–water partition coefficient (Wildman–Crippen LogP) is 6.74. The highest BCUT2D eigenvalue weighted by molar-refractivity contribution is 7.82. The molecule has 0 radical (unpaired) electrons. The van der Waals surface area contributed by atoms with Crippen molar-refractivity contribution in [3.8, 4) is 22.9 Å². The number of rotatable bonds is 12. The summed E-state index contributed by atoms with van der Waals surface area (Å²) in [7, 11) is 0. The Kier molecular flexibility index (Phi) is 8.53. The van der Waals surface area contributed by atoms with Crippen LogP contribution in [-0.2, 0) is 11.3 Å². The fourth-order valence-electron chi connectivity index (χ4n) is 3.94. The van der Waals surface area contributed by atoms with Crippen LogP contribution in [0.25, 0.3) is 17.0 Å². The minimum Gasteiger partial charge on any atom is -0.489 e. The standard InChI is InChI=1S/C28H37N5O3S/c1-7-8-9-20(5)17-35-25-13-10-19(4)14-26(25)36-37(34)32-24-15-22(12-11-21(24)6)28-29-27-16-23(18(2)3)30-33(27)31-28/h10-16,18,20,30,32H,7-9,17H2,1-6H3. The average Bonchev–Trinajstić information content (AvgIpc) is 3.43. The van der Waals surface area contributed by atoms with Crippen molar-refractivity contribution in [1.29, 1.82) is 0 Å². The number of ether oxygens (including phenoxy) is 1. The Morgan fingerprint density at radius 3 is 2.62 bits per heavy atom. The number of nitrogens with zero attached hydrogens (tertiary/aromatic N) is 3.